The minimum atomic E-state index is -0.283. The van der Waals surface area contributed by atoms with Gasteiger partial charge in [-0.1, -0.05) is 23.9 Å². The second-order valence-corrected chi connectivity index (χ2v) is 6.52. The maximum absolute atomic E-state index is 12.2. The van der Waals surface area contributed by atoms with Gasteiger partial charge < -0.3 is 5.32 Å². The van der Waals surface area contributed by atoms with Crippen LogP contribution in [0.25, 0.3) is 0 Å². The number of ketones is 3. The fourth-order valence-corrected chi connectivity index (χ4v) is 3.81. The molecule has 0 amide bonds. The highest BCUT2D eigenvalue weighted by atomic mass is 32.2. The lowest BCUT2D eigenvalue weighted by Gasteiger charge is -2.25. The molecule has 3 rings (SSSR count). The summed E-state index contributed by atoms with van der Waals surface area (Å²) in [5.41, 5.74) is 2.29. The summed E-state index contributed by atoms with van der Waals surface area (Å²) >= 11 is 1.49. The van der Waals surface area contributed by atoms with E-state index in [-0.39, 0.29) is 22.9 Å². The number of Topliss-reactive ketones (excluding diaryl/α,β-unsaturated/α-hetero) is 3. The zero-order chi connectivity index (χ0) is 16.7. The van der Waals surface area contributed by atoms with E-state index >= 15 is 0 Å². The fourth-order valence-electron chi connectivity index (χ4n) is 2.77. The van der Waals surface area contributed by atoms with Gasteiger partial charge in [0, 0.05) is 20.9 Å². The Morgan fingerprint density at radius 3 is 2.13 bits per heavy atom. The summed E-state index contributed by atoms with van der Waals surface area (Å²) in [5.74, 6) is -0.740. The molecule has 1 heterocycles. The molecule has 23 heavy (non-hydrogen) atoms. The van der Waals surface area contributed by atoms with E-state index in [0.717, 1.165) is 15.5 Å². The van der Waals surface area contributed by atoms with E-state index in [1.165, 1.54) is 32.5 Å². The summed E-state index contributed by atoms with van der Waals surface area (Å²) in [5, 5.41) is 3.25. The van der Waals surface area contributed by atoms with E-state index in [1.54, 1.807) is 6.07 Å². The van der Waals surface area contributed by atoms with Crippen molar-refractivity contribution in [3.05, 3.63) is 47.0 Å². The first-order valence-corrected chi connectivity index (χ1v) is 7.99. The molecule has 2 aromatic carbocycles. The zero-order valence-electron chi connectivity index (χ0n) is 13.0. The van der Waals surface area contributed by atoms with Crippen LogP contribution in [0.15, 0.2) is 40.1 Å². The first kappa shape index (κ1) is 15.5. The molecule has 0 saturated carbocycles. The summed E-state index contributed by atoms with van der Waals surface area (Å²) in [4.78, 5) is 38.1. The Morgan fingerprint density at radius 1 is 0.870 bits per heavy atom. The summed E-state index contributed by atoms with van der Waals surface area (Å²) in [6.07, 6.45) is 0. The predicted octanol–water partition coefficient (Wildman–Crippen LogP) is 4.50. The summed E-state index contributed by atoms with van der Waals surface area (Å²) < 4.78 is 0. The van der Waals surface area contributed by atoms with Crippen LogP contribution in [0.2, 0.25) is 0 Å². The van der Waals surface area contributed by atoms with Gasteiger partial charge in [-0.3, -0.25) is 14.4 Å². The molecule has 0 fully saturated rings. The molecule has 1 N–H and O–H groups in total. The van der Waals surface area contributed by atoms with Crippen LogP contribution in [0, 0.1) is 0 Å². The Balaban J connectivity index is 2.33. The molecular weight excluding hydrogens is 310 g/mol. The lowest BCUT2D eigenvalue weighted by Crippen LogP contribution is -2.16. The van der Waals surface area contributed by atoms with Crippen LogP contribution in [0.3, 0.4) is 0 Å². The lowest BCUT2D eigenvalue weighted by atomic mass is 9.92. The van der Waals surface area contributed by atoms with Crippen molar-refractivity contribution < 1.29 is 14.4 Å². The highest BCUT2D eigenvalue weighted by Gasteiger charge is 2.28. The van der Waals surface area contributed by atoms with E-state index in [2.05, 4.69) is 5.32 Å². The average molecular weight is 325 g/mol. The van der Waals surface area contributed by atoms with E-state index in [9.17, 15) is 14.4 Å². The molecule has 0 radical (unpaired) electrons. The Labute approximate surface area is 138 Å². The molecule has 1 aliphatic heterocycles. The van der Waals surface area contributed by atoms with Crippen molar-refractivity contribution in [2.75, 3.05) is 5.32 Å². The van der Waals surface area contributed by atoms with Crippen LogP contribution in [-0.4, -0.2) is 17.3 Å². The number of hydrogen-bond donors (Lipinski definition) is 1. The molecule has 116 valence electrons. The van der Waals surface area contributed by atoms with Gasteiger partial charge in [0.25, 0.3) is 0 Å². The quantitative estimate of drug-likeness (QED) is 0.718. The number of hydrogen-bond acceptors (Lipinski definition) is 5. The van der Waals surface area contributed by atoms with E-state index in [0.29, 0.717) is 16.8 Å². The van der Waals surface area contributed by atoms with Gasteiger partial charge in [-0.15, -0.1) is 0 Å². The van der Waals surface area contributed by atoms with Crippen molar-refractivity contribution in [1.29, 1.82) is 0 Å². The minimum absolute atomic E-state index is 0.205. The Bertz CT molecular complexity index is 871. The van der Waals surface area contributed by atoms with E-state index in [1.807, 2.05) is 24.3 Å². The Kier molecular flexibility index (Phi) is 3.82. The second kappa shape index (κ2) is 5.66. The highest BCUT2D eigenvalue weighted by molar-refractivity contribution is 7.99. The van der Waals surface area contributed by atoms with Crippen molar-refractivity contribution in [1.82, 2.24) is 0 Å². The van der Waals surface area contributed by atoms with Crippen molar-refractivity contribution in [3.8, 4) is 0 Å². The van der Waals surface area contributed by atoms with Crippen molar-refractivity contribution in [2.45, 2.75) is 30.6 Å². The maximum atomic E-state index is 12.2. The Hall–Kier alpha value is -2.40. The molecule has 2 aromatic rings. The average Bonchev–Trinajstić information content (AvgIpc) is 2.50. The zero-order valence-corrected chi connectivity index (χ0v) is 13.8. The van der Waals surface area contributed by atoms with Crippen LogP contribution in [-0.2, 0) is 0 Å². The number of rotatable bonds is 3. The molecule has 0 unspecified atom stereocenters. The minimum Gasteiger partial charge on any atom is -0.353 e. The third-order valence-corrected chi connectivity index (χ3v) is 4.86. The van der Waals surface area contributed by atoms with Crippen molar-refractivity contribution in [3.63, 3.8) is 0 Å². The normalized spacial score (nSPS) is 12.0. The van der Waals surface area contributed by atoms with Crippen LogP contribution in [0.5, 0.6) is 0 Å². The molecule has 5 heteroatoms. The van der Waals surface area contributed by atoms with E-state index < -0.39 is 0 Å². The molecule has 4 nitrogen and oxygen atoms in total. The largest absolute Gasteiger partial charge is 0.353 e. The molecule has 0 atom stereocenters. The number of fused-ring (bicyclic) bond motifs is 2. The smallest absolute Gasteiger partial charge is 0.162 e. The standard InChI is InChI=1S/C18H15NO3S/c1-9(20)12-8-15-18(17(11(3)22)16(12)10(2)21)19-13-6-4-5-7-14(13)23-15/h4-8,19H,1-3H3. The molecule has 0 spiro atoms. The number of para-hydroxylation sites is 1. The topological polar surface area (TPSA) is 63.2 Å². The summed E-state index contributed by atoms with van der Waals surface area (Å²) in [6.45, 7) is 4.20. The molecule has 0 aromatic heterocycles. The van der Waals surface area contributed by atoms with Gasteiger partial charge in [0.15, 0.2) is 17.3 Å². The van der Waals surface area contributed by atoms with Crippen LogP contribution in [0.1, 0.15) is 51.8 Å². The van der Waals surface area contributed by atoms with Gasteiger partial charge in [0.1, 0.15) is 0 Å². The third-order valence-electron chi connectivity index (χ3n) is 3.74. The van der Waals surface area contributed by atoms with Gasteiger partial charge in [-0.05, 0) is 39.0 Å². The number of carbonyl (C=O) groups is 3. The van der Waals surface area contributed by atoms with Gasteiger partial charge in [0.2, 0.25) is 0 Å². The monoisotopic (exact) mass is 325 g/mol. The van der Waals surface area contributed by atoms with Crippen molar-refractivity contribution >= 4 is 40.5 Å². The highest BCUT2D eigenvalue weighted by Crippen LogP contribution is 2.47. The van der Waals surface area contributed by atoms with Crippen molar-refractivity contribution in [2.24, 2.45) is 0 Å². The first-order chi connectivity index (χ1) is 10.9. The number of nitrogens with one attached hydrogen (secondary N) is 1. The predicted molar refractivity (Wildman–Crippen MR) is 90.3 cm³/mol. The first-order valence-electron chi connectivity index (χ1n) is 7.18. The SMILES string of the molecule is CC(=O)c1cc2c(c(C(C)=O)c1C(C)=O)Nc1ccccc1S2. The van der Waals surface area contributed by atoms with Crippen LogP contribution >= 0.6 is 11.8 Å². The molecule has 1 aliphatic rings. The summed E-state index contributed by atoms with van der Waals surface area (Å²) in [6, 6.07) is 9.42. The van der Waals surface area contributed by atoms with Gasteiger partial charge in [0.05, 0.1) is 16.9 Å². The molecular formula is C18H15NO3S. The summed E-state index contributed by atoms with van der Waals surface area (Å²) in [7, 11) is 0. The second-order valence-electron chi connectivity index (χ2n) is 5.44. The van der Waals surface area contributed by atoms with Gasteiger partial charge in [-0.2, -0.15) is 0 Å². The van der Waals surface area contributed by atoms with Gasteiger partial charge >= 0.3 is 0 Å². The number of carbonyl (C=O) groups excluding carboxylic acids is 3. The van der Waals surface area contributed by atoms with E-state index in [4.69, 9.17) is 0 Å². The van der Waals surface area contributed by atoms with Gasteiger partial charge in [-0.25, -0.2) is 0 Å². The van der Waals surface area contributed by atoms with Crippen LogP contribution in [0.4, 0.5) is 11.4 Å². The fraction of sp³-hybridized carbons (Fsp3) is 0.167. The number of anilines is 2. The maximum Gasteiger partial charge on any atom is 0.162 e. The molecule has 0 bridgehead atoms. The third kappa shape index (κ3) is 2.57. The Morgan fingerprint density at radius 2 is 1.52 bits per heavy atom. The van der Waals surface area contributed by atoms with Crippen LogP contribution < -0.4 is 5.32 Å². The number of benzene rings is 2. The molecule has 0 saturated heterocycles. The lowest BCUT2D eigenvalue weighted by molar-refractivity contribution is 0.0968. The molecule has 0 aliphatic carbocycles.